The van der Waals surface area contributed by atoms with Crippen molar-refractivity contribution in [1.29, 1.82) is 0 Å². The molecule has 6 nitrogen and oxygen atoms in total. The Morgan fingerprint density at radius 2 is 1.69 bits per heavy atom. The first kappa shape index (κ1) is 18.0. The molecule has 3 aromatic rings. The predicted molar refractivity (Wildman–Crippen MR) is 105 cm³/mol. The fourth-order valence-corrected chi connectivity index (χ4v) is 3.39. The zero-order chi connectivity index (χ0) is 18.7. The molecule has 2 aromatic heterocycles. The SMILES string of the molecule is Cc1cc(C)nc(Nc2nc(CC(=O)Nc3c(C)cccc3C)cs2)n1. The summed E-state index contributed by atoms with van der Waals surface area (Å²) < 4.78 is 0. The maximum absolute atomic E-state index is 12.4. The van der Waals surface area contributed by atoms with Gasteiger partial charge in [0.1, 0.15) is 0 Å². The molecule has 0 saturated carbocycles. The number of hydrogen-bond acceptors (Lipinski definition) is 6. The van der Waals surface area contributed by atoms with E-state index in [0.717, 1.165) is 28.2 Å². The van der Waals surface area contributed by atoms with E-state index in [2.05, 4.69) is 25.6 Å². The zero-order valence-electron chi connectivity index (χ0n) is 15.3. The summed E-state index contributed by atoms with van der Waals surface area (Å²) in [6, 6.07) is 7.86. The smallest absolute Gasteiger partial charge is 0.230 e. The summed E-state index contributed by atoms with van der Waals surface area (Å²) in [6.07, 6.45) is 0.222. The number of nitrogens with one attached hydrogen (secondary N) is 2. The third-order valence-electron chi connectivity index (χ3n) is 3.84. The highest BCUT2D eigenvalue weighted by Gasteiger charge is 2.11. The lowest BCUT2D eigenvalue weighted by molar-refractivity contribution is -0.115. The van der Waals surface area contributed by atoms with E-state index in [1.54, 1.807) is 0 Å². The fourth-order valence-electron chi connectivity index (χ4n) is 2.68. The Balaban J connectivity index is 1.65. The molecule has 0 aliphatic heterocycles. The minimum Gasteiger partial charge on any atom is -0.325 e. The summed E-state index contributed by atoms with van der Waals surface area (Å²) in [5, 5.41) is 8.62. The third kappa shape index (κ3) is 4.43. The number of aryl methyl sites for hydroxylation is 4. The Labute approximate surface area is 156 Å². The molecule has 1 amide bonds. The molecule has 0 saturated heterocycles. The number of anilines is 3. The fraction of sp³-hybridized carbons (Fsp3) is 0.263. The third-order valence-corrected chi connectivity index (χ3v) is 4.65. The van der Waals surface area contributed by atoms with Crippen LogP contribution in [0.2, 0.25) is 0 Å². The van der Waals surface area contributed by atoms with Crippen LogP contribution >= 0.6 is 11.3 Å². The van der Waals surface area contributed by atoms with E-state index in [4.69, 9.17) is 0 Å². The van der Waals surface area contributed by atoms with Gasteiger partial charge in [0.15, 0.2) is 5.13 Å². The monoisotopic (exact) mass is 367 g/mol. The number of benzene rings is 1. The highest BCUT2D eigenvalue weighted by molar-refractivity contribution is 7.13. The summed E-state index contributed by atoms with van der Waals surface area (Å²) in [5.41, 5.74) is 5.46. The van der Waals surface area contributed by atoms with Crippen LogP contribution < -0.4 is 10.6 Å². The zero-order valence-corrected chi connectivity index (χ0v) is 16.1. The molecule has 3 rings (SSSR count). The molecule has 0 spiro atoms. The summed E-state index contributed by atoms with van der Waals surface area (Å²) in [6.45, 7) is 7.81. The second-order valence-corrected chi connectivity index (χ2v) is 7.09. The van der Waals surface area contributed by atoms with Crippen molar-refractivity contribution >= 4 is 34.0 Å². The predicted octanol–water partition coefficient (Wildman–Crippen LogP) is 4.09. The number of rotatable bonds is 5. The first-order chi connectivity index (χ1) is 12.4. The van der Waals surface area contributed by atoms with Crippen LogP contribution in [-0.2, 0) is 11.2 Å². The number of thiazole rings is 1. The van der Waals surface area contributed by atoms with E-state index < -0.39 is 0 Å². The molecule has 0 aliphatic carbocycles. The van der Waals surface area contributed by atoms with E-state index in [1.807, 2.05) is 57.3 Å². The normalized spacial score (nSPS) is 10.6. The summed E-state index contributed by atoms with van der Waals surface area (Å²) in [4.78, 5) is 25.5. The Bertz CT molecular complexity index is 910. The highest BCUT2D eigenvalue weighted by atomic mass is 32.1. The molecule has 2 N–H and O–H groups in total. The minimum absolute atomic E-state index is 0.0816. The topological polar surface area (TPSA) is 79.8 Å². The first-order valence-corrected chi connectivity index (χ1v) is 9.18. The number of hydrogen-bond donors (Lipinski definition) is 2. The van der Waals surface area contributed by atoms with Gasteiger partial charge in [0.25, 0.3) is 0 Å². The van der Waals surface area contributed by atoms with Gasteiger partial charge in [-0.15, -0.1) is 11.3 Å². The van der Waals surface area contributed by atoms with Crippen molar-refractivity contribution in [2.45, 2.75) is 34.1 Å². The van der Waals surface area contributed by atoms with Gasteiger partial charge in [-0.3, -0.25) is 4.79 Å². The number of amides is 1. The van der Waals surface area contributed by atoms with E-state index in [0.29, 0.717) is 16.8 Å². The van der Waals surface area contributed by atoms with E-state index in [9.17, 15) is 4.79 Å². The highest BCUT2D eigenvalue weighted by Crippen LogP contribution is 2.22. The number of nitrogens with zero attached hydrogens (tertiary/aromatic N) is 3. The molecule has 0 unspecified atom stereocenters. The molecule has 2 heterocycles. The lowest BCUT2D eigenvalue weighted by atomic mass is 10.1. The molecule has 0 fully saturated rings. The standard InChI is InChI=1S/C19H21N5OS/c1-11-6-5-7-12(2)17(11)23-16(25)9-15-10-26-19(22-15)24-18-20-13(3)8-14(4)21-18/h5-8,10H,9H2,1-4H3,(H,23,25)(H,20,21,22,24). The average molecular weight is 367 g/mol. The lowest BCUT2D eigenvalue weighted by Gasteiger charge is -2.10. The average Bonchev–Trinajstić information content (AvgIpc) is 2.97. The van der Waals surface area contributed by atoms with Crippen molar-refractivity contribution in [3.8, 4) is 0 Å². The van der Waals surface area contributed by atoms with Crippen LogP contribution in [0.25, 0.3) is 0 Å². The van der Waals surface area contributed by atoms with Crippen molar-refractivity contribution in [3.63, 3.8) is 0 Å². The molecule has 0 aliphatic rings. The molecular formula is C19H21N5OS. The van der Waals surface area contributed by atoms with Gasteiger partial charge in [0.2, 0.25) is 11.9 Å². The first-order valence-electron chi connectivity index (χ1n) is 8.30. The second-order valence-electron chi connectivity index (χ2n) is 6.24. The maximum atomic E-state index is 12.4. The van der Waals surface area contributed by atoms with Gasteiger partial charge in [-0.1, -0.05) is 18.2 Å². The largest absolute Gasteiger partial charge is 0.325 e. The summed E-state index contributed by atoms with van der Waals surface area (Å²) in [5.74, 6) is 0.435. The van der Waals surface area contributed by atoms with Gasteiger partial charge in [-0.05, 0) is 44.9 Å². The minimum atomic E-state index is -0.0816. The number of carbonyl (C=O) groups excluding carboxylic acids is 1. The number of para-hydroxylation sites is 1. The van der Waals surface area contributed by atoms with Crippen molar-refractivity contribution in [2.24, 2.45) is 0 Å². The van der Waals surface area contributed by atoms with Gasteiger partial charge in [-0.2, -0.15) is 0 Å². The number of aromatic nitrogens is 3. The van der Waals surface area contributed by atoms with Crippen LogP contribution in [0, 0.1) is 27.7 Å². The molecular weight excluding hydrogens is 346 g/mol. The molecule has 0 atom stereocenters. The van der Waals surface area contributed by atoms with Gasteiger partial charge >= 0.3 is 0 Å². The second kappa shape index (κ2) is 7.61. The van der Waals surface area contributed by atoms with Crippen LogP contribution in [0.15, 0.2) is 29.6 Å². The molecule has 0 bridgehead atoms. The van der Waals surface area contributed by atoms with Crippen LogP contribution in [-0.4, -0.2) is 20.9 Å². The van der Waals surface area contributed by atoms with Crippen molar-refractivity contribution < 1.29 is 4.79 Å². The molecule has 7 heteroatoms. The van der Waals surface area contributed by atoms with E-state index >= 15 is 0 Å². The van der Waals surface area contributed by atoms with Crippen molar-refractivity contribution in [2.75, 3.05) is 10.6 Å². The van der Waals surface area contributed by atoms with E-state index in [-0.39, 0.29) is 12.3 Å². The summed E-state index contributed by atoms with van der Waals surface area (Å²) >= 11 is 1.43. The molecule has 134 valence electrons. The molecule has 26 heavy (non-hydrogen) atoms. The van der Waals surface area contributed by atoms with Gasteiger partial charge < -0.3 is 10.6 Å². The molecule has 1 aromatic carbocycles. The Kier molecular flexibility index (Phi) is 5.27. The molecule has 0 radical (unpaired) electrons. The van der Waals surface area contributed by atoms with E-state index in [1.165, 1.54) is 11.3 Å². The maximum Gasteiger partial charge on any atom is 0.230 e. The van der Waals surface area contributed by atoms with Crippen molar-refractivity contribution in [3.05, 3.63) is 57.9 Å². The Morgan fingerprint density at radius 3 is 2.35 bits per heavy atom. The van der Waals surface area contributed by atoms with Crippen LogP contribution in [0.5, 0.6) is 0 Å². The van der Waals surface area contributed by atoms with Crippen LogP contribution in [0.1, 0.15) is 28.2 Å². The Morgan fingerprint density at radius 1 is 1.04 bits per heavy atom. The summed E-state index contributed by atoms with van der Waals surface area (Å²) in [7, 11) is 0. The van der Waals surface area contributed by atoms with Gasteiger partial charge in [0, 0.05) is 22.5 Å². The van der Waals surface area contributed by atoms with Crippen LogP contribution in [0.4, 0.5) is 16.8 Å². The quantitative estimate of drug-likeness (QED) is 0.710. The van der Waals surface area contributed by atoms with Crippen molar-refractivity contribution in [1.82, 2.24) is 15.0 Å². The van der Waals surface area contributed by atoms with Gasteiger partial charge in [0.05, 0.1) is 12.1 Å². The van der Waals surface area contributed by atoms with Gasteiger partial charge in [-0.25, -0.2) is 15.0 Å². The lowest BCUT2D eigenvalue weighted by Crippen LogP contribution is -2.16. The number of carbonyl (C=O) groups is 1. The Hall–Kier alpha value is -2.80. The van der Waals surface area contributed by atoms with Crippen LogP contribution in [0.3, 0.4) is 0 Å².